The summed E-state index contributed by atoms with van der Waals surface area (Å²) in [6.07, 6.45) is 2.42. The van der Waals surface area contributed by atoms with Gasteiger partial charge in [0.15, 0.2) is 0 Å². The summed E-state index contributed by atoms with van der Waals surface area (Å²) in [5.41, 5.74) is 2.55. The summed E-state index contributed by atoms with van der Waals surface area (Å²) in [4.78, 5) is 16.1. The molecule has 0 radical (unpaired) electrons. The van der Waals surface area contributed by atoms with Crippen molar-refractivity contribution in [3.8, 4) is 11.3 Å². The summed E-state index contributed by atoms with van der Waals surface area (Å²) < 4.78 is 4.92. The fraction of sp³-hybridized carbons (Fsp3) is 0.286. The monoisotopic (exact) mass is 276 g/mol. The van der Waals surface area contributed by atoms with E-state index in [1.54, 1.807) is 30.7 Å². The van der Waals surface area contributed by atoms with Gasteiger partial charge in [-0.2, -0.15) is 11.3 Å². The third-order valence-electron chi connectivity index (χ3n) is 2.65. The molecule has 0 aliphatic heterocycles. The molecule has 2 rings (SSSR count). The van der Waals surface area contributed by atoms with Crippen LogP contribution in [0.2, 0.25) is 0 Å². The Kier molecular flexibility index (Phi) is 5.06. The van der Waals surface area contributed by atoms with E-state index in [2.05, 4.69) is 10.3 Å². The molecule has 100 valence electrons. The second-order valence-electron chi connectivity index (χ2n) is 4.05. The number of hydrogen-bond donors (Lipinski definition) is 1. The number of nitrogens with zero attached hydrogens (tertiary/aromatic N) is 1. The third kappa shape index (κ3) is 3.87. The van der Waals surface area contributed by atoms with Gasteiger partial charge in [-0.3, -0.25) is 9.78 Å². The van der Waals surface area contributed by atoms with Gasteiger partial charge in [0.2, 0.25) is 0 Å². The summed E-state index contributed by atoms with van der Waals surface area (Å²) in [5, 5.41) is 6.87. The lowest BCUT2D eigenvalue weighted by molar-refractivity contribution is 0.0948. The minimum absolute atomic E-state index is 0.0968. The highest BCUT2D eigenvalue weighted by atomic mass is 32.1. The number of nitrogens with one attached hydrogen (secondary N) is 1. The van der Waals surface area contributed by atoms with Gasteiger partial charge in [0.25, 0.3) is 5.91 Å². The molecule has 19 heavy (non-hydrogen) atoms. The topological polar surface area (TPSA) is 51.2 Å². The zero-order valence-electron chi connectivity index (χ0n) is 10.8. The zero-order chi connectivity index (χ0) is 13.5. The zero-order valence-corrected chi connectivity index (χ0v) is 11.6. The van der Waals surface area contributed by atoms with Crippen molar-refractivity contribution >= 4 is 17.2 Å². The van der Waals surface area contributed by atoms with Gasteiger partial charge in [0.1, 0.15) is 0 Å². The molecule has 0 unspecified atom stereocenters. The molecule has 0 aromatic carbocycles. The summed E-state index contributed by atoms with van der Waals surface area (Å²) in [6.45, 7) is 1.26. The normalized spacial score (nSPS) is 10.4. The van der Waals surface area contributed by atoms with Crippen molar-refractivity contribution in [2.24, 2.45) is 0 Å². The van der Waals surface area contributed by atoms with E-state index in [0.29, 0.717) is 18.7 Å². The highest BCUT2D eigenvalue weighted by Gasteiger charge is 2.06. The van der Waals surface area contributed by atoms with Crippen LogP contribution < -0.4 is 5.32 Å². The van der Waals surface area contributed by atoms with Gasteiger partial charge in [-0.25, -0.2) is 0 Å². The Labute approximate surface area is 116 Å². The van der Waals surface area contributed by atoms with Crippen LogP contribution >= 0.6 is 11.3 Å². The van der Waals surface area contributed by atoms with E-state index in [1.807, 2.05) is 22.9 Å². The van der Waals surface area contributed by atoms with Gasteiger partial charge < -0.3 is 10.1 Å². The van der Waals surface area contributed by atoms with Crippen molar-refractivity contribution in [3.63, 3.8) is 0 Å². The second-order valence-corrected chi connectivity index (χ2v) is 4.83. The Bertz CT molecular complexity index is 509. The fourth-order valence-corrected chi connectivity index (χ4v) is 2.28. The van der Waals surface area contributed by atoms with Gasteiger partial charge in [-0.05, 0) is 30.0 Å². The molecule has 2 aromatic heterocycles. The fourth-order valence-electron chi connectivity index (χ4n) is 1.63. The van der Waals surface area contributed by atoms with Crippen LogP contribution in [0, 0.1) is 0 Å². The molecule has 1 N–H and O–H groups in total. The van der Waals surface area contributed by atoms with Gasteiger partial charge >= 0.3 is 0 Å². The highest BCUT2D eigenvalue weighted by molar-refractivity contribution is 7.08. The van der Waals surface area contributed by atoms with Gasteiger partial charge in [0.05, 0.1) is 11.3 Å². The Morgan fingerprint density at radius 3 is 2.95 bits per heavy atom. The van der Waals surface area contributed by atoms with Crippen LogP contribution in [0.15, 0.2) is 35.2 Å². The molecule has 4 nitrogen and oxygen atoms in total. The Morgan fingerprint density at radius 1 is 1.42 bits per heavy atom. The minimum atomic E-state index is -0.0968. The van der Waals surface area contributed by atoms with Gasteiger partial charge in [-0.15, -0.1) is 0 Å². The first kappa shape index (κ1) is 13.7. The number of hydrogen-bond acceptors (Lipinski definition) is 4. The number of pyridine rings is 1. The van der Waals surface area contributed by atoms with E-state index in [0.717, 1.165) is 17.7 Å². The molecular weight excluding hydrogens is 260 g/mol. The van der Waals surface area contributed by atoms with Crippen molar-refractivity contribution in [1.82, 2.24) is 10.3 Å². The number of carbonyl (C=O) groups is 1. The van der Waals surface area contributed by atoms with Crippen molar-refractivity contribution < 1.29 is 9.53 Å². The van der Waals surface area contributed by atoms with Crippen LogP contribution in [0.4, 0.5) is 0 Å². The van der Waals surface area contributed by atoms with Gasteiger partial charge in [0, 0.05) is 37.4 Å². The standard InChI is InChI=1S/C14H16N2O2S/c1-18-7-2-6-15-14(17)11-3-4-13(16-9-11)12-5-8-19-10-12/h3-5,8-10H,2,6-7H2,1H3,(H,15,17). The number of carbonyl (C=O) groups excluding carboxylic acids is 1. The lowest BCUT2D eigenvalue weighted by Gasteiger charge is -2.05. The van der Waals surface area contributed by atoms with E-state index >= 15 is 0 Å². The molecular formula is C14H16N2O2S. The van der Waals surface area contributed by atoms with E-state index in [4.69, 9.17) is 4.74 Å². The molecule has 0 saturated carbocycles. The quantitative estimate of drug-likeness (QED) is 0.825. The minimum Gasteiger partial charge on any atom is -0.385 e. The summed E-state index contributed by atoms with van der Waals surface area (Å²) in [6, 6.07) is 5.68. The second kappa shape index (κ2) is 7.01. The van der Waals surface area contributed by atoms with Crippen molar-refractivity contribution in [2.45, 2.75) is 6.42 Å². The van der Waals surface area contributed by atoms with Crippen LogP contribution in [0.25, 0.3) is 11.3 Å². The SMILES string of the molecule is COCCCNC(=O)c1ccc(-c2ccsc2)nc1. The average Bonchev–Trinajstić information content (AvgIpc) is 2.98. The molecule has 2 aromatic rings. The molecule has 1 amide bonds. The molecule has 0 bridgehead atoms. The lowest BCUT2D eigenvalue weighted by Crippen LogP contribution is -2.25. The van der Waals surface area contributed by atoms with Crippen LogP contribution in [0.5, 0.6) is 0 Å². The molecule has 2 heterocycles. The maximum atomic E-state index is 11.8. The Hall–Kier alpha value is -1.72. The Morgan fingerprint density at radius 2 is 2.32 bits per heavy atom. The Balaban J connectivity index is 1.93. The molecule has 0 fully saturated rings. The van der Waals surface area contributed by atoms with E-state index in [1.165, 1.54) is 0 Å². The molecule has 0 saturated heterocycles. The largest absolute Gasteiger partial charge is 0.385 e. The lowest BCUT2D eigenvalue weighted by atomic mass is 10.2. The van der Waals surface area contributed by atoms with Crippen LogP contribution in [-0.2, 0) is 4.74 Å². The number of amides is 1. The van der Waals surface area contributed by atoms with Crippen molar-refractivity contribution in [2.75, 3.05) is 20.3 Å². The number of rotatable bonds is 6. The predicted molar refractivity (Wildman–Crippen MR) is 76.4 cm³/mol. The smallest absolute Gasteiger partial charge is 0.252 e. The molecule has 0 aliphatic rings. The first-order chi connectivity index (χ1) is 9.31. The van der Waals surface area contributed by atoms with Crippen molar-refractivity contribution in [3.05, 3.63) is 40.7 Å². The maximum absolute atomic E-state index is 11.8. The molecule has 0 aliphatic carbocycles. The van der Waals surface area contributed by atoms with Crippen molar-refractivity contribution in [1.29, 1.82) is 0 Å². The molecule has 0 atom stereocenters. The first-order valence-electron chi connectivity index (χ1n) is 6.07. The third-order valence-corrected chi connectivity index (χ3v) is 3.34. The maximum Gasteiger partial charge on any atom is 0.252 e. The average molecular weight is 276 g/mol. The number of methoxy groups -OCH3 is 1. The van der Waals surface area contributed by atoms with Crippen LogP contribution in [0.3, 0.4) is 0 Å². The van der Waals surface area contributed by atoms with E-state index in [9.17, 15) is 4.79 Å². The molecule has 0 spiro atoms. The molecule has 5 heteroatoms. The number of ether oxygens (including phenoxy) is 1. The number of aromatic nitrogens is 1. The van der Waals surface area contributed by atoms with E-state index < -0.39 is 0 Å². The van der Waals surface area contributed by atoms with Crippen LogP contribution in [-0.4, -0.2) is 31.2 Å². The first-order valence-corrected chi connectivity index (χ1v) is 7.01. The summed E-state index contributed by atoms with van der Waals surface area (Å²) >= 11 is 1.63. The van der Waals surface area contributed by atoms with Gasteiger partial charge in [-0.1, -0.05) is 0 Å². The van der Waals surface area contributed by atoms with Crippen LogP contribution in [0.1, 0.15) is 16.8 Å². The highest BCUT2D eigenvalue weighted by Crippen LogP contribution is 2.19. The van der Waals surface area contributed by atoms with E-state index in [-0.39, 0.29) is 5.91 Å². The predicted octanol–water partition coefficient (Wildman–Crippen LogP) is 2.58. The summed E-state index contributed by atoms with van der Waals surface area (Å²) in [5.74, 6) is -0.0968. The summed E-state index contributed by atoms with van der Waals surface area (Å²) in [7, 11) is 1.65. The number of thiophene rings is 1.